The zero-order valence-electron chi connectivity index (χ0n) is 9.22. The van der Waals surface area contributed by atoms with E-state index in [9.17, 15) is 9.59 Å². The van der Waals surface area contributed by atoms with Crippen LogP contribution in [0.2, 0.25) is 0 Å². The van der Waals surface area contributed by atoms with Gasteiger partial charge in [0.1, 0.15) is 5.78 Å². The number of hydrogen-bond donors (Lipinski definition) is 1. The molecule has 1 amide bonds. The number of carbonyl (C=O) groups excluding carboxylic acids is 2. The molecule has 0 bridgehead atoms. The first kappa shape index (κ1) is 11.2. The minimum atomic E-state index is -0.0855. The second kappa shape index (κ2) is 4.11. The molecule has 0 heterocycles. The number of hydrogen-bond acceptors (Lipinski definition) is 2. The first-order valence-corrected chi connectivity index (χ1v) is 5.22. The third kappa shape index (κ3) is 2.82. The minimum Gasteiger partial charge on any atom is -0.351 e. The van der Waals surface area contributed by atoms with E-state index < -0.39 is 0 Å². The van der Waals surface area contributed by atoms with Gasteiger partial charge in [0.05, 0.1) is 0 Å². The summed E-state index contributed by atoms with van der Waals surface area (Å²) in [6, 6.07) is 0. The van der Waals surface area contributed by atoms with E-state index in [1.54, 1.807) is 13.8 Å². The molecule has 1 N–H and O–H groups in total. The van der Waals surface area contributed by atoms with Crippen molar-refractivity contribution in [2.45, 2.75) is 52.0 Å². The van der Waals surface area contributed by atoms with Gasteiger partial charge in [-0.2, -0.15) is 0 Å². The van der Waals surface area contributed by atoms with Gasteiger partial charge < -0.3 is 5.32 Å². The highest BCUT2D eigenvalue weighted by molar-refractivity contribution is 5.78. The van der Waals surface area contributed by atoms with E-state index in [1.165, 1.54) is 0 Å². The van der Waals surface area contributed by atoms with E-state index in [1.807, 2.05) is 0 Å². The summed E-state index contributed by atoms with van der Waals surface area (Å²) in [4.78, 5) is 22.1. The van der Waals surface area contributed by atoms with Crippen molar-refractivity contribution in [2.75, 3.05) is 0 Å². The lowest BCUT2D eigenvalue weighted by Crippen LogP contribution is -2.48. The fourth-order valence-electron chi connectivity index (χ4n) is 2.21. The SMILES string of the molecule is CC(=O)NC1(C)CCC(C(C)=O)CC1. The Morgan fingerprint density at radius 2 is 1.71 bits per heavy atom. The second-order valence-corrected chi connectivity index (χ2v) is 4.63. The van der Waals surface area contributed by atoms with Crippen LogP contribution in [0.5, 0.6) is 0 Å². The first-order chi connectivity index (χ1) is 6.43. The zero-order valence-corrected chi connectivity index (χ0v) is 9.22. The molecule has 0 spiro atoms. The van der Waals surface area contributed by atoms with Crippen molar-refractivity contribution in [1.82, 2.24) is 5.32 Å². The van der Waals surface area contributed by atoms with Crippen LogP contribution in [0.15, 0.2) is 0 Å². The smallest absolute Gasteiger partial charge is 0.217 e. The Morgan fingerprint density at radius 1 is 1.21 bits per heavy atom. The van der Waals surface area contributed by atoms with Crippen molar-refractivity contribution < 1.29 is 9.59 Å². The fraction of sp³-hybridized carbons (Fsp3) is 0.818. The van der Waals surface area contributed by atoms with Gasteiger partial charge in [0.2, 0.25) is 5.91 Å². The molecule has 14 heavy (non-hydrogen) atoms. The fourth-order valence-corrected chi connectivity index (χ4v) is 2.21. The zero-order chi connectivity index (χ0) is 10.8. The van der Waals surface area contributed by atoms with Crippen LogP contribution in [0.4, 0.5) is 0 Å². The van der Waals surface area contributed by atoms with Gasteiger partial charge in [-0.1, -0.05) is 0 Å². The van der Waals surface area contributed by atoms with Crippen molar-refractivity contribution >= 4 is 11.7 Å². The van der Waals surface area contributed by atoms with E-state index >= 15 is 0 Å². The van der Waals surface area contributed by atoms with Gasteiger partial charge in [-0.15, -0.1) is 0 Å². The molecule has 0 aromatic carbocycles. The summed E-state index contributed by atoms with van der Waals surface area (Å²) in [6.45, 7) is 5.26. The van der Waals surface area contributed by atoms with Crippen molar-refractivity contribution in [3.8, 4) is 0 Å². The maximum absolute atomic E-state index is 11.1. The normalized spacial score (nSPS) is 32.4. The van der Waals surface area contributed by atoms with Crippen LogP contribution in [-0.2, 0) is 9.59 Å². The molecule has 1 aliphatic carbocycles. The summed E-state index contributed by atoms with van der Waals surface area (Å²) in [5, 5.41) is 2.97. The Labute approximate surface area is 85.3 Å². The van der Waals surface area contributed by atoms with Gasteiger partial charge in [-0.05, 0) is 39.5 Å². The van der Waals surface area contributed by atoms with Crippen LogP contribution in [0.25, 0.3) is 0 Å². The maximum Gasteiger partial charge on any atom is 0.217 e. The molecule has 0 aromatic heterocycles. The Balaban J connectivity index is 2.48. The third-order valence-corrected chi connectivity index (χ3v) is 3.14. The van der Waals surface area contributed by atoms with Gasteiger partial charge in [0.15, 0.2) is 0 Å². The van der Waals surface area contributed by atoms with E-state index in [0.717, 1.165) is 25.7 Å². The first-order valence-electron chi connectivity index (χ1n) is 5.22. The number of nitrogens with one attached hydrogen (secondary N) is 1. The molecule has 3 nitrogen and oxygen atoms in total. The molecule has 0 saturated heterocycles. The highest BCUT2D eigenvalue weighted by atomic mass is 16.1. The van der Waals surface area contributed by atoms with Crippen LogP contribution >= 0.6 is 0 Å². The van der Waals surface area contributed by atoms with Crippen LogP contribution < -0.4 is 5.32 Å². The summed E-state index contributed by atoms with van der Waals surface area (Å²) < 4.78 is 0. The number of carbonyl (C=O) groups is 2. The van der Waals surface area contributed by atoms with Gasteiger partial charge >= 0.3 is 0 Å². The third-order valence-electron chi connectivity index (χ3n) is 3.14. The molecule has 1 rings (SSSR count). The lowest BCUT2D eigenvalue weighted by molar-refractivity contribution is -0.123. The molecule has 0 atom stereocenters. The number of amides is 1. The van der Waals surface area contributed by atoms with E-state index in [-0.39, 0.29) is 23.1 Å². The van der Waals surface area contributed by atoms with Crippen molar-refractivity contribution in [2.24, 2.45) is 5.92 Å². The highest BCUT2D eigenvalue weighted by Crippen LogP contribution is 2.32. The average molecular weight is 197 g/mol. The lowest BCUT2D eigenvalue weighted by Gasteiger charge is -2.37. The Kier molecular flexibility index (Phi) is 3.29. The predicted octanol–water partition coefficient (Wildman–Crippen LogP) is 1.66. The lowest BCUT2D eigenvalue weighted by atomic mass is 9.76. The van der Waals surface area contributed by atoms with Crippen LogP contribution in [0.1, 0.15) is 46.5 Å². The molecule has 80 valence electrons. The highest BCUT2D eigenvalue weighted by Gasteiger charge is 2.32. The van der Waals surface area contributed by atoms with Crippen LogP contribution in [0.3, 0.4) is 0 Å². The molecule has 0 aromatic rings. The van der Waals surface area contributed by atoms with Gasteiger partial charge in [-0.3, -0.25) is 9.59 Å². The predicted molar refractivity (Wildman–Crippen MR) is 54.9 cm³/mol. The summed E-state index contributed by atoms with van der Waals surface area (Å²) in [5.41, 5.74) is -0.0855. The molecule has 0 unspecified atom stereocenters. The topological polar surface area (TPSA) is 46.2 Å². The molecular weight excluding hydrogens is 178 g/mol. The van der Waals surface area contributed by atoms with Crippen molar-refractivity contribution in [3.05, 3.63) is 0 Å². The van der Waals surface area contributed by atoms with Crippen LogP contribution in [-0.4, -0.2) is 17.2 Å². The standard InChI is InChI=1S/C11H19NO2/c1-8(13)10-4-6-11(3,7-5-10)12-9(2)14/h10H,4-7H2,1-3H3,(H,12,14). The van der Waals surface area contributed by atoms with Crippen LogP contribution in [0, 0.1) is 5.92 Å². The quantitative estimate of drug-likeness (QED) is 0.731. The van der Waals surface area contributed by atoms with E-state index in [2.05, 4.69) is 12.2 Å². The number of ketones is 1. The molecule has 0 aliphatic heterocycles. The largest absolute Gasteiger partial charge is 0.351 e. The monoisotopic (exact) mass is 197 g/mol. The van der Waals surface area contributed by atoms with E-state index in [4.69, 9.17) is 0 Å². The Bertz CT molecular complexity index is 240. The molecule has 3 heteroatoms. The maximum atomic E-state index is 11.1. The summed E-state index contributed by atoms with van der Waals surface area (Å²) in [5.74, 6) is 0.528. The average Bonchev–Trinajstić information content (AvgIpc) is 2.02. The summed E-state index contributed by atoms with van der Waals surface area (Å²) >= 11 is 0. The van der Waals surface area contributed by atoms with Gasteiger partial charge in [0.25, 0.3) is 0 Å². The molecule has 1 fully saturated rings. The minimum absolute atomic E-state index is 0.0220. The second-order valence-electron chi connectivity index (χ2n) is 4.63. The molecular formula is C11H19NO2. The van der Waals surface area contributed by atoms with E-state index in [0.29, 0.717) is 0 Å². The Hall–Kier alpha value is -0.860. The Morgan fingerprint density at radius 3 is 2.07 bits per heavy atom. The summed E-state index contributed by atoms with van der Waals surface area (Å²) in [7, 11) is 0. The van der Waals surface area contributed by atoms with Crippen molar-refractivity contribution in [1.29, 1.82) is 0 Å². The van der Waals surface area contributed by atoms with Crippen molar-refractivity contribution in [3.63, 3.8) is 0 Å². The summed E-state index contributed by atoms with van der Waals surface area (Å²) in [6.07, 6.45) is 3.64. The van der Waals surface area contributed by atoms with Gasteiger partial charge in [-0.25, -0.2) is 0 Å². The number of rotatable bonds is 2. The molecule has 0 radical (unpaired) electrons. The molecule has 1 saturated carbocycles. The molecule has 1 aliphatic rings. The number of Topliss-reactive ketones (excluding diaryl/α,β-unsaturated/α-hetero) is 1. The van der Waals surface area contributed by atoms with Gasteiger partial charge in [0, 0.05) is 18.4 Å².